The molecule has 1 atom stereocenters. The molecule has 0 aliphatic carbocycles. The van der Waals surface area contributed by atoms with Gasteiger partial charge in [-0.05, 0) is 22.6 Å². The molecule has 1 N–H and O–H groups in total. The van der Waals surface area contributed by atoms with Gasteiger partial charge >= 0.3 is 0 Å². The van der Waals surface area contributed by atoms with Crippen molar-refractivity contribution in [3.63, 3.8) is 0 Å². The Morgan fingerprint density at radius 3 is 2.75 bits per heavy atom. The Labute approximate surface area is 170 Å². The number of thiophene rings is 1. The lowest BCUT2D eigenvalue weighted by molar-refractivity contribution is -0.165. The van der Waals surface area contributed by atoms with Crippen molar-refractivity contribution in [2.75, 3.05) is 26.2 Å². The van der Waals surface area contributed by atoms with Gasteiger partial charge in [0.25, 0.3) is 5.91 Å². The Bertz CT molecular complexity index is 817. The topological polar surface area (TPSA) is 58.6 Å². The number of amides is 2. The summed E-state index contributed by atoms with van der Waals surface area (Å²) in [4.78, 5) is 28.2. The summed E-state index contributed by atoms with van der Waals surface area (Å²) in [6.45, 7) is 6.98. The maximum Gasteiger partial charge on any atom is 0.254 e. The summed E-state index contributed by atoms with van der Waals surface area (Å²) < 4.78 is 6.02. The van der Waals surface area contributed by atoms with E-state index in [0.717, 1.165) is 11.1 Å². The van der Waals surface area contributed by atoms with Crippen LogP contribution in [0.15, 0.2) is 54.4 Å². The van der Waals surface area contributed by atoms with Crippen molar-refractivity contribution in [2.45, 2.75) is 25.4 Å². The van der Waals surface area contributed by atoms with E-state index in [-0.39, 0.29) is 18.4 Å². The van der Waals surface area contributed by atoms with Crippen molar-refractivity contribution in [3.8, 4) is 10.4 Å². The van der Waals surface area contributed by atoms with Gasteiger partial charge in [-0.25, -0.2) is 0 Å². The third kappa shape index (κ3) is 4.51. The summed E-state index contributed by atoms with van der Waals surface area (Å²) in [5, 5.41) is 4.91. The second-order valence-corrected chi connectivity index (χ2v) is 7.81. The molecule has 0 spiro atoms. The summed E-state index contributed by atoms with van der Waals surface area (Å²) in [7, 11) is 0. The maximum absolute atomic E-state index is 13.0. The zero-order chi connectivity index (χ0) is 20.0. The predicted octanol–water partition coefficient (Wildman–Crippen LogP) is 3.27. The number of ether oxygens (including phenoxy) is 1. The van der Waals surface area contributed by atoms with Crippen LogP contribution in [-0.2, 0) is 20.7 Å². The van der Waals surface area contributed by atoms with Crippen LogP contribution in [0.2, 0.25) is 0 Å². The van der Waals surface area contributed by atoms with Gasteiger partial charge in [0, 0.05) is 30.8 Å². The predicted molar refractivity (Wildman–Crippen MR) is 112 cm³/mol. The third-order valence-electron chi connectivity index (χ3n) is 4.91. The number of rotatable bonds is 7. The fourth-order valence-electron chi connectivity index (χ4n) is 3.43. The van der Waals surface area contributed by atoms with Gasteiger partial charge in [0.2, 0.25) is 5.91 Å². The number of morpholine rings is 1. The van der Waals surface area contributed by atoms with Gasteiger partial charge in [-0.2, -0.15) is 0 Å². The van der Waals surface area contributed by atoms with E-state index in [1.165, 1.54) is 4.88 Å². The quantitative estimate of drug-likeness (QED) is 0.729. The average Bonchev–Trinajstić information content (AvgIpc) is 3.27. The number of hydrogen-bond acceptors (Lipinski definition) is 4. The molecule has 2 amide bonds. The minimum Gasteiger partial charge on any atom is -0.361 e. The molecule has 1 aromatic heterocycles. The number of carbonyl (C=O) groups excluding carboxylic acids is 2. The zero-order valence-electron chi connectivity index (χ0n) is 16.1. The molecule has 0 radical (unpaired) electrons. The summed E-state index contributed by atoms with van der Waals surface area (Å²) in [5.74, 6) is -0.166. The molecule has 28 heavy (non-hydrogen) atoms. The summed E-state index contributed by atoms with van der Waals surface area (Å²) in [5.41, 5.74) is 1.06. The Balaban J connectivity index is 1.83. The lowest BCUT2D eigenvalue weighted by Crippen LogP contribution is -2.62. The summed E-state index contributed by atoms with van der Waals surface area (Å²) in [6, 6.07) is 12.3. The first-order valence-electron chi connectivity index (χ1n) is 9.52. The van der Waals surface area contributed by atoms with Gasteiger partial charge < -0.3 is 15.0 Å². The van der Waals surface area contributed by atoms with Gasteiger partial charge in [-0.1, -0.05) is 43.3 Å². The average molecular weight is 399 g/mol. The molecule has 2 heterocycles. The minimum absolute atomic E-state index is 0.0391. The van der Waals surface area contributed by atoms with Crippen LogP contribution >= 0.6 is 11.3 Å². The lowest BCUT2D eigenvalue weighted by atomic mass is 9.90. The Morgan fingerprint density at radius 1 is 1.32 bits per heavy atom. The maximum atomic E-state index is 13.0. The molecule has 0 saturated carbocycles. The molecule has 5 nitrogen and oxygen atoms in total. The van der Waals surface area contributed by atoms with E-state index in [0.29, 0.717) is 32.5 Å². The van der Waals surface area contributed by atoms with E-state index in [1.54, 1.807) is 22.3 Å². The molecule has 1 aliphatic rings. The van der Waals surface area contributed by atoms with Crippen LogP contribution in [0.5, 0.6) is 0 Å². The van der Waals surface area contributed by atoms with Gasteiger partial charge in [0.05, 0.1) is 13.2 Å². The zero-order valence-corrected chi connectivity index (χ0v) is 17.0. The van der Waals surface area contributed by atoms with Crippen LogP contribution in [0.1, 0.15) is 18.9 Å². The van der Waals surface area contributed by atoms with Crippen molar-refractivity contribution >= 4 is 23.2 Å². The van der Waals surface area contributed by atoms with E-state index in [9.17, 15) is 9.59 Å². The van der Waals surface area contributed by atoms with Gasteiger partial charge in [0.1, 0.15) is 0 Å². The molecule has 1 aromatic carbocycles. The molecule has 0 bridgehead atoms. The van der Waals surface area contributed by atoms with Crippen molar-refractivity contribution < 1.29 is 14.3 Å². The Morgan fingerprint density at radius 2 is 2.11 bits per heavy atom. The van der Waals surface area contributed by atoms with Crippen LogP contribution in [0.4, 0.5) is 0 Å². The molecule has 1 saturated heterocycles. The highest BCUT2D eigenvalue weighted by atomic mass is 32.1. The van der Waals surface area contributed by atoms with Crippen molar-refractivity contribution in [2.24, 2.45) is 0 Å². The minimum atomic E-state index is -1.09. The van der Waals surface area contributed by atoms with E-state index in [2.05, 4.69) is 35.5 Å². The smallest absolute Gasteiger partial charge is 0.254 e. The van der Waals surface area contributed by atoms with Crippen LogP contribution in [-0.4, -0.2) is 48.6 Å². The second kappa shape index (κ2) is 9.17. The molecular formula is C22H26N2O3S. The second-order valence-electron chi connectivity index (χ2n) is 6.86. The van der Waals surface area contributed by atoms with Gasteiger partial charge in [-0.3, -0.25) is 9.59 Å². The van der Waals surface area contributed by atoms with Crippen molar-refractivity contribution in [3.05, 3.63) is 60.0 Å². The first kappa shape index (κ1) is 20.3. The Kier molecular flexibility index (Phi) is 6.65. The number of nitrogens with one attached hydrogen (secondary N) is 1. The largest absolute Gasteiger partial charge is 0.361 e. The van der Waals surface area contributed by atoms with Crippen LogP contribution in [0.3, 0.4) is 0 Å². The summed E-state index contributed by atoms with van der Waals surface area (Å²) in [6.07, 6.45) is 2.47. The lowest BCUT2D eigenvalue weighted by Gasteiger charge is -2.41. The van der Waals surface area contributed by atoms with Crippen LogP contribution < -0.4 is 5.32 Å². The molecular weight excluding hydrogens is 372 g/mol. The molecule has 148 valence electrons. The normalized spacial score (nSPS) is 19.2. The Hall–Kier alpha value is -2.44. The molecule has 3 rings (SSSR count). The third-order valence-corrected chi connectivity index (χ3v) is 5.83. The van der Waals surface area contributed by atoms with Crippen molar-refractivity contribution in [1.29, 1.82) is 0 Å². The fourth-order valence-corrected chi connectivity index (χ4v) is 4.16. The number of hydrogen-bond donors (Lipinski definition) is 1. The monoisotopic (exact) mass is 398 g/mol. The molecule has 6 heteroatoms. The highest BCUT2D eigenvalue weighted by molar-refractivity contribution is 7.13. The van der Waals surface area contributed by atoms with E-state index in [1.807, 2.05) is 25.1 Å². The SMILES string of the molecule is C=CCNC(=O)[C@]1(Cc2ccc(-c3cccs3)cc2)CN(C(=O)CC)CCO1. The first-order valence-corrected chi connectivity index (χ1v) is 10.4. The number of carbonyl (C=O) groups is 2. The van der Waals surface area contributed by atoms with Crippen LogP contribution in [0, 0.1) is 0 Å². The highest BCUT2D eigenvalue weighted by Gasteiger charge is 2.44. The fraction of sp³-hybridized carbons (Fsp3) is 0.364. The highest BCUT2D eigenvalue weighted by Crippen LogP contribution is 2.28. The summed E-state index contributed by atoms with van der Waals surface area (Å²) >= 11 is 1.69. The number of nitrogens with zero attached hydrogens (tertiary/aromatic N) is 1. The van der Waals surface area contributed by atoms with E-state index < -0.39 is 5.60 Å². The van der Waals surface area contributed by atoms with Crippen molar-refractivity contribution in [1.82, 2.24) is 10.2 Å². The molecule has 0 unspecified atom stereocenters. The number of benzene rings is 1. The van der Waals surface area contributed by atoms with Gasteiger partial charge in [0.15, 0.2) is 5.60 Å². The molecule has 2 aromatic rings. The van der Waals surface area contributed by atoms with E-state index >= 15 is 0 Å². The first-order chi connectivity index (χ1) is 13.6. The molecule has 1 fully saturated rings. The standard InChI is InChI=1S/C22H26N2O3S/c1-3-11-23-21(26)22(16-24(12-13-27-22)20(25)4-2)15-17-7-9-18(10-8-17)19-6-5-14-28-19/h3,5-10,14H,1,4,11-13,15-16H2,2H3,(H,23,26)/t22-/m0/s1. The van der Waals surface area contributed by atoms with E-state index in [4.69, 9.17) is 4.74 Å². The van der Waals surface area contributed by atoms with Gasteiger partial charge in [-0.15, -0.1) is 17.9 Å². The van der Waals surface area contributed by atoms with Crippen LogP contribution in [0.25, 0.3) is 10.4 Å². The molecule has 1 aliphatic heterocycles.